The van der Waals surface area contributed by atoms with Gasteiger partial charge in [-0.3, -0.25) is 4.79 Å². The number of carbonyl (C=O) groups excluding carboxylic acids is 1. The summed E-state index contributed by atoms with van der Waals surface area (Å²) in [6, 6.07) is 9.35. The van der Waals surface area contributed by atoms with Gasteiger partial charge in [-0.25, -0.2) is 0 Å². The monoisotopic (exact) mass is 329 g/mol. The van der Waals surface area contributed by atoms with E-state index in [0.717, 1.165) is 10.4 Å². The van der Waals surface area contributed by atoms with Crippen LogP contribution in [0.15, 0.2) is 40.2 Å². The van der Waals surface area contributed by atoms with Gasteiger partial charge in [0.05, 0.1) is 5.69 Å². The van der Waals surface area contributed by atoms with Crippen molar-refractivity contribution in [3.05, 3.63) is 47.1 Å². The van der Waals surface area contributed by atoms with E-state index in [4.69, 9.17) is 9.26 Å². The summed E-state index contributed by atoms with van der Waals surface area (Å²) >= 11 is 1.42. The number of carbonyl (C=O) groups is 1. The van der Waals surface area contributed by atoms with Crippen LogP contribution in [0.1, 0.15) is 11.4 Å². The molecule has 0 atom stereocenters. The zero-order chi connectivity index (χ0) is 16.2. The Balaban J connectivity index is 1.64. The second kappa shape index (κ2) is 6.62. The fraction of sp³-hybridized carbons (Fsp3) is 0.188. The third-order valence-electron chi connectivity index (χ3n) is 3.02. The van der Waals surface area contributed by atoms with Gasteiger partial charge in [-0.05, 0) is 43.0 Å². The lowest BCUT2D eigenvalue weighted by atomic mass is 10.2. The van der Waals surface area contributed by atoms with Gasteiger partial charge < -0.3 is 14.6 Å². The predicted octanol–water partition coefficient (Wildman–Crippen LogP) is 3.43. The van der Waals surface area contributed by atoms with Crippen molar-refractivity contribution in [2.45, 2.75) is 13.8 Å². The number of amides is 1. The number of benzene rings is 1. The first-order valence-electron chi connectivity index (χ1n) is 6.99. The zero-order valence-electron chi connectivity index (χ0n) is 12.7. The fourth-order valence-corrected chi connectivity index (χ4v) is 2.77. The lowest BCUT2D eigenvalue weighted by Crippen LogP contribution is -2.20. The first-order valence-corrected chi connectivity index (χ1v) is 7.87. The maximum Gasteiger partial charge on any atom is 0.270 e. The van der Waals surface area contributed by atoms with Gasteiger partial charge in [-0.15, -0.1) is 11.3 Å². The molecular weight excluding hydrogens is 314 g/mol. The lowest BCUT2D eigenvalue weighted by molar-refractivity contribution is -0.118. The molecule has 1 amide bonds. The Kier molecular flexibility index (Phi) is 4.38. The molecule has 1 aromatic carbocycles. The largest absolute Gasteiger partial charge is 0.484 e. The first kappa shape index (κ1) is 15.2. The van der Waals surface area contributed by atoms with E-state index in [9.17, 15) is 4.79 Å². The molecule has 3 rings (SSSR count). The van der Waals surface area contributed by atoms with Crippen molar-refractivity contribution in [2.75, 3.05) is 11.9 Å². The number of thiophene rings is 1. The van der Waals surface area contributed by atoms with Crippen LogP contribution in [-0.2, 0) is 4.79 Å². The lowest BCUT2D eigenvalue weighted by Gasteiger charge is -2.07. The smallest absolute Gasteiger partial charge is 0.270 e. The minimum Gasteiger partial charge on any atom is -0.484 e. The summed E-state index contributed by atoms with van der Waals surface area (Å²) < 4.78 is 10.6. The standard InChI is InChI=1S/C16H15N3O3S/c1-10-4-3-5-12(8-10)21-9-14(20)18-13-6-7-23-15(13)16-17-11(2)19-22-16/h3-8H,9H2,1-2H3,(H,18,20). The molecule has 0 aliphatic heterocycles. The number of hydrogen-bond acceptors (Lipinski definition) is 6. The molecule has 0 spiro atoms. The molecule has 3 aromatic rings. The third-order valence-corrected chi connectivity index (χ3v) is 3.92. The van der Waals surface area contributed by atoms with E-state index in [2.05, 4.69) is 15.5 Å². The molecule has 118 valence electrons. The molecule has 7 heteroatoms. The van der Waals surface area contributed by atoms with Crippen LogP contribution >= 0.6 is 11.3 Å². The molecule has 0 fully saturated rings. The summed E-state index contributed by atoms with van der Waals surface area (Å²) in [5, 5.41) is 8.42. The van der Waals surface area contributed by atoms with Crippen molar-refractivity contribution < 1.29 is 14.1 Å². The number of nitrogens with one attached hydrogen (secondary N) is 1. The molecule has 2 heterocycles. The van der Waals surface area contributed by atoms with E-state index >= 15 is 0 Å². The van der Waals surface area contributed by atoms with Crippen molar-refractivity contribution in [1.29, 1.82) is 0 Å². The Labute approximate surface area is 137 Å². The number of rotatable bonds is 5. The van der Waals surface area contributed by atoms with E-state index in [1.54, 1.807) is 13.0 Å². The predicted molar refractivity (Wildman–Crippen MR) is 87.7 cm³/mol. The zero-order valence-corrected chi connectivity index (χ0v) is 13.5. The van der Waals surface area contributed by atoms with E-state index in [1.165, 1.54) is 11.3 Å². The van der Waals surface area contributed by atoms with Gasteiger partial charge >= 0.3 is 0 Å². The molecule has 0 saturated heterocycles. The van der Waals surface area contributed by atoms with Gasteiger partial charge in [0.2, 0.25) is 0 Å². The minimum atomic E-state index is -0.248. The van der Waals surface area contributed by atoms with Gasteiger partial charge in [0.1, 0.15) is 10.6 Å². The maximum absolute atomic E-state index is 12.1. The van der Waals surface area contributed by atoms with Gasteiger partial charge in [0.25, 0.3) is 11.8 Å². The number of anilines is 1. The molecule has 23 heavy (non-hydrogen) atoms. The number of ether oxygens (including phenoxy) is 1. The van der Waals surface area contributed by atoms with Crippen LogP contribution in [0.2, 0.25) is 0 Å². The van der Waals surface area contributed by atoms with Crippen molar-refractivity contribution in [1.82, 2.24) is 10.1 Å². The van der Waals surface area contributed by atoms with Crippen molar-refractivity contribution in [3.63, 3.8) is 0 Å². The maximum atomic E-state index is 12.1. The Morgan fingerprint density at radius 2 is 2.22 bits per heavy atom. The highest BCUT2D eigenvalue weighted by Crippen LogP contribution is 2.32. The molecule has 0 aliphatic carbocycles. The summed E-state index contributed by atoms with van der Waals surface area (Å²) in [7, 11) is 0. The van der Waals surface area contributed by atoms with Gasteiger partial charge in [-0.1, -0.05) is 17.3 Å². The van der Waals surface area contributed by atoms with Crippen molar-refractivity contribution in [3.8, 4) is 16.5 Å². The molecule has 0 radical (unpaired) electrons. The highest BCUT2D eigenvalue weighted by Gasteiger charge is 2.15. The highest BCUT2D eigenvalue weighted by atomic mass is 32.1. The summed E-state index contributed by atoms with van der Waals surface area (Å²) in [5.41, 5.74) is 1.71. The number of hydrogen-bond donors (Lipinski definition) is 1. The highest BCUT2D eigenvalue weighted by molar-refractivity contribution is 7.14. The van der Waals surface area contributed by atoms with Gasteiger partial charge in [0.15, 0.2) is 12.4 Å². The number of nitrogens with zero attached hydrogens (tertiary/aromatic N) is 2. The van der Waals surface area contributed by atoms with Crippen LogP contribution in [0.4, 0.5) is 5.69 Å². The van der Waals surface area contributed by atoms with Gasteiger partial charge in [-0.2, -0.15) is 4.98 Å². The SMILES string of the molecule is Cc1cccc(OCC(=O)Nc2ccsc2-c2nc(C)no2)c1. The molecule has 0 aliphatic rings. The molecule has 2 aromatic heterocycles. The second-order valence-corrected chi connectivity index (χ2v) is 5.88. The van der Waals surface area contributed by atoms with Crippen LogP contribution in [0.25, 0.3) is 10.8 Å². The van der Waals surface area contributed by atoms with Crippen LogP contribution < -0.4 is 10.1 Å². The Bertz CT molecular complexity index is 825. The molecule has 0 bridgehead atoms. The molecule has 1 N–H and O–H groups in total. The second-order valence-electron chi connectivity index (χ2n) is 4.96. The van der Waals surface area contributed by atoms with Crippen molar-refractivity contribution in [2.24, 2.45) is 0 Å². The average molecular weight is 329 g/mol. The Morgan fingerprint density at radius 3 is 2.96 bits per heavy atom. The molecular formula is C16H15N3O3S. The topological polar surface area (TPSA) is 77.2 Å². The van der Waals surface area contributed by atoms with Gasteiger partial charge in [0, 0.05) is 0 Å². The van der Waals surface area contributed by atoms with E-state index in [-0.39, 0.29) is 12.5 Å². The third kappa shape index (κ3) is 3.75. The normalized spacial score (nSPS) is 10.5. The van der Waals surface area contributed by atoms with E-state index in [0.29, 0.717) is 23.2 Å². The Hall–Kier alpha value is -2.67. The number of aromatic nitrogens is 2. The fourth-order valence-electron chi connectivity index (χ4n) is 2.00. The molecule has 6 nitrogen and oxygen atoms in total. The first-order chi connectivity index (χ1) is 11.1. The van der Waals surface area contributed by atoms with Crippen LogP contribution in [0.5, 0.6) is 5.75 Å². The summed E-state index contributed by atoms with van der Waals surface area (Å²) in [6.45, 7) is 3.65. The van der Waals surface area contributed by atoms with Crippen LogP contribution in [0, 0.1) is 13.8 Å². The van der Waals surface area contributed by atoms with Crippen molar-refractivity contribution >= 4 is 22.9 Å². The van der Waals surface area contributed by atoms with Crippen LogP contribution in [-0.4, -0.2) is 22.7 Å². The van der Waals surface area contributed by atoms with E-state index < -0.39 is 0 Å². The minimum absolute atomic E-state index is 0.0679. The quantitative estimate of drug-likeness (QED) is 0.776. The number of aryl methyl sites for hydroxylation is 2. The van der Waals surface area contributed by atoms with Crippen LogP contribution in [0.3, 0.4) is 0 Å². The summed E-state index contributed by atoms with van der Waals surface area (Å²) in [4.78, 5) is 17.0. The average Bonchev–Trinajstić information content (AvgIpc) is 3.14. The Morgan fingerprint density at radius 1 is 1.35 bits per heavy atom. The van der Waals surface area contributed by atoms with E-state index in [1.807, 2.05) is 36.6 Å². The summed E-state index contributed by atoms with van der Waals surface area (Å²) in [6.07, 6.45) is 0. The molecule has 0 unspecified atom stereocenters. The summed E-state index contributed by atoms with van der Waals surface area (Å²) in [5.74, 6) is 1.36. The molecule has 0 saturated carbocycles.